The van der Waals surface area contributed by atoms with Crippen molar-refractivity contribution < 1.29 is 0 Å². The summed E-state index contributed by atoms with van der Waals surface area (Å²) in [4.78, 5) is 20.3. The number of nitrogens with one attached hydrogen (secondary N) is 2. The second-order valence-electron chi connectivity index (χ2n) is 6.80. The number of thioether (sulfide) groups is 1. The monoisotopic (exact) mass is 546 g/mol. The molecule has 1 aliphatic rings. The minimum atomic E-state index is 0.422. The number of pyridine rings is 1. The number of hydrogen-bond acceptors (Lipinski definition) is 9. The van der Waals surface area contributed by atoms with E-state index in [1.54, 1.807) is 12.4 Å². The second-order valence-corrected chi connectivity index (χ2v) is 9.28. The van der Waals surface area contributed by atoms with Gasteiger partial charge in [-0.3, -0.25) is 4.98 Å². The highest BCUT2D eigenvalue weighted by molar-refractivity contribution is 14.1. The summed E-state index contributed by atoms with van der Waals surface area (Å²) in [5.41, 5.74) is 5.00. The largest absolute Gasteiger partial charge is 0.354 e. The van der Waals surface area contributed by atoms with E-state index in [1.165, 1.54) is 0 Å². The van der Waals surface area contributed by atoms with E-state index in [1.807, 2.05) is 48.2 Å². The van der Waals surface area contributed by atoms with Crippen LogP contribution in [0.5, 0.6) is 0 Å². The normalized spacial score (nSPS) is 14.0. The average Bonchev–Trinajstić information content (AvgIpc) is 2.80. The fourth-order valence-electron chi connectivity index (χ4n) is 3.00. The molecule has 4 rings (SSSR count). The van der Waals surface area contributed by atoms with E-state index in [0.29, 0.717) is 24.4 Å². The predicted molar refractivity (Wildman–Crippen MR) is 136 cm³/mol. The molecule has 31 heavy (non-hydrogen) atoms. The third kappa shape index (κ3) is 6.76. The minimum Gasteiger partial charge on any atom is -0.354 e. The van der Waals surface area contributed by atoms with Crippen LogP contribution in [0.25, 0.3) is 0 Å². The van der Waals surface area contributed by atoms with Crippen LogP contribution in [0.2, 0.25) is 0 Å². The van der Waals surface area contributed by atoms with Gasteiger partial charge >= 0.3 is 0 Å². The van der Waals surface area contributed by atoms with Crippen LogP contribution in [-0.4, -0.2) is 57.3 Å². The Morgan fingerprint density at radius 3 is 2.74 bits per heavy atom. The molecule has 8 nitrogen and oxygen atoms in total. The van der Waals surface area contributed by atoms with Crippen LogP contribution in [0.15, 0.2) is 53.8 Å². The highest BCUT2D eigenvalue weighted by Crippen LogP contribution is 2.18. The summed E-state index contributed by atoms with van der Waals surface area (Å²) in [5, 5.41) is 7.62. The summed E-state index contributed by atoms with van der Waals surface area (Å²) >= 11 is 4.23. The SMILES string of the molecule is Ic1cccc(/C=N/Nc2nc(NCCc3ccccn3)nc(N3CCSCC3)n2)c1. The molecule has 0 bridgehead atoms. The van der Waals surface area contributed by atoms with Gasteiger partial charge in [-0.2, -0.15) is 31.8 Å². The quantitative estimate of drug-likeness (QED) is 0.252. The van der Waals surface area contributed by atoms with Gasteiger partial charge < -0.3 is 10.2 Å². The number of hydrazone groups is 1. The number of rotatable bonds is 8. The van der Waals surface area contributed by atoms with E-state index in [2.05, 4.69) is 69.3 Å². The number of benzene rings is 1. The molecule has 2 N–H and O–H groups in total. The molecule has 2 aromatic heterocycles. The molecule has 3 aromatic rings. The van der Waals surface area contributed by atoms with Crippen LogP contribution in [0.3, 0.4) is 0 Å². The number of aromatic nitrogens is 4. The fraction of sp³-hybridized carbons (Fsp3) is 0.286. The first kappa shape index (κ1) is 21.8. The van der Waals surface area contributed by atoms with E-state index in [4.69, 9.17) is 0 Å². The molecule has 0 saturated carbocycles. The van der Waals surface area contributed by atoms with Crippen LogP contribution in [0, 0.1) is 3.57 Å². The Hall–Kier alpha value is -2.47. The van der Waals surface area contributed by atoms with Crippen molar-refractivity contribution in [3.05, 3.63) is 63.5 Å². The lowest BCUT2D eigenvalue weighted by Crippen LogP contribution is -2.34. The third-order valence-corrected chi connectivity index (χ3v) is 6.15. The topological polar surface area (TPSA) is 91.2 Å². The smallest absolute Gasteiger partial charge is 0.250 e. The highest BCUT2D eigenvalue weighted by atomic mass is 127. The Morgan fingerprint density at radius 2 is 1.94 bits per heavy atom. The van der Waals surface area contributed by atoms with Crippen molar-refractivity contribution in [3.63, 3.8) is 0 Å². The first-order valence-corrected chi connectivity index (χ1v) is 12.3. The molecule has 1 fully saturated rings. The lowest BCUT2D eigenvalue weighted by Gasteiger charge is -2.26. The van der Waals surface area contributed by atoms with E-state index in [0.717, 1.165) is 45.8 Å². The van der Waals surface area contributed by atoms with Crippen molar-refractivity contribution in [2.45, 2.75) is 6.42 Å². The van der Waals surface area contributed by atoms with Crippen LogP contribution < -0.4 is 15.6 Å². The Bertz CT molecular complexity index is 1010. The van der Waals surface area contributed by atoms with Gasteiger partial charge in [-0.1, -0.05) is 18.2 Å². The van der Waals surface area contributed by atoms with Gasteiger partial charge in [0.25, 0.3) is 0 Å². The summed E-state index contributed by atoms with van der Waals surface area (Å²) in [6.45, 7) is 2.53. The van der Waals surface area contributed by atoms with Gasteiger partial charge in [0, 0.05) is 53.0 Å². The Morgan fingerprint density at radius 1 is 1.06 bits per heavy atom. The molecule has 0 aliphatic carbocycles. The van der Waals surface area contributed by atoms with Crippen LogP contribution >= 0.6 is 34.4 Å². The maximum Gasteiger partial charge on any atom is 0.250 e. The Balaban J connectivity index is 1.46. The van der Waals surface area contributed by atoms with Crippen molar-refractivity contribution >= 4 is 58.4 Å². The molecule has 0 spiro atoms. The number of anilines is 3. The van der Waals surface area contributed by atoms with Crippen LogP contribution in [-0.2, 0) is 6.42 Å². The first-order valence-electron chi connectivity index (χ1n) is 10.0. The van der Waals surface area contributed by atoms with Gasteiger partial charge in [0.15, 0.2) is 0 Å². The highest BCUT2D eigenvalue weighted by Gasteiger charge is 2.16. The average molecular weight is 546 g/mol. The van der Waals surface area contributed by atoms with Gasteiger partial charge in [-0.15, -0.1) is 0 Å². The summed E-state index contributed by atoms with van der Waals surface area (Å²) in [6.07, 6.45) is 4.35. The lowest BCUT2D eigenvalue weighted by molar-refractivity contribution is 0.805. The Kier molecular flexibility index (Phi) is 7.88. The van der Waals surface area contributed by atoms with E-state index < -0.39 is 0 Å². The summed E-state index contributed by atoms with van der Waals surface area (Å²) in [7, 11) is 0. The third-order valence-electron chi connectivity index (χ3n) is 4.53. The molecule has 0 radical (unpaired) electrons. The summed E-state index contributed by atoms with van der Waals surface area (Å²) in [6, 6.07) is 14.0. The van der Waals surface area contributed by atoms with Crippen LogP contribution in [0.4, 0.5) is 17.8 Å². The zero-order valence-corrected chi connectivity index (χ0v) is 19.9. The van der Waals surface area contributed by atoms with Crippen molar-refractivity contribution in [1.29, 1.82) is 0 Å². The molecule has 10 heteroatoms. The first-order chi connectivity index (χ1) is 15.3. The number of halogens is 1. The minimum absolute atomic E-state index is 0.422. The predicted octanol–water partition coefficient (Wildman–Crippen LogP) is 3.53. The van der Waals surface area contributed by atoms with Gasteiger partial charge in [-0.05, 0) is 52.4 Å². The number of nitrogens with zero attached hydrogens (tertiary/aromatic N) is 6. The maximum atomic E-state index is 4.64. The van der Waals surface area contributed by atoms with Gasteiger partial charge in [0.05, 0.1) is 6.21 Å². The molecule has 160 valence electrons. The Labute approximate surface area is 199 Å². The lowest BCUT2D eigenvalue weighted by atomic mass is 10.2. The molecule has 1 aromatic carbocycles. The molecular weight excluding hydrogens is 523 g/mol. The zero-order valence-electron chi connectivity index (χ0n) is 16.9. The molecular formula is C21H23IN8S. The summed E-state index contributed by atoms with van der Waals surface area (Å²) in [5.74, 6) is 3.77. The molecule has 0 atom stereocenters. The van der Waals surface area contributed by atoms with E-state index in [-0.39, 0.29) is 0 Å². The van der Waals surface area contributed by atoms with Gasteiger partial charge in [0.2, 0.25) is 17.8 Å². The zero-order chi connectivity index (χ0) is 21.3. The van der Waals surface area contributed by atoms with Crippen molar-refractivity contribution in [1.82, 2.24) is 19.9 Å². The molecule has 0 amide bonds. The van der Waals surface area contributed by atoms with E-state index >= 15 is 0 Å². The molecule has 0 unspecified atom stereocenters. The summed E-state index contributed by atoms with van der Waals surface area (Å²) < 4.78 is 1.16. The van der Waals surface area contributed by atoms with Crippen molar-refractivity contribution in [2.24, 2.45) is 5.10 Å². The van der Waals surface area contributed by atoms with Gasteiger partial charge in [-0.25, -0.2) is 5.43 Å². The van der Waals surface area contributed by atoms with E-state index in [9.17, 15) is 0 Å². The molecule has 1 aliphatic heterocycles. The van der Waals surface area contributed by atoms with Gasteiger partial charge in [0.1, 0.15) is 0 Å². The standard InChI is InChI=1S/C21H23IN8S/c22-17-5-3-4-16(14-17)15-25-29-20-26-19(24-9-7-18-6-1-2-8-23-18)27-21(28-20)30-10-12-31-13-11-30/h1-6,8,14-15H,7,9-13H2,(H2,24,26,27,28,29)/b25-15+. The number of hydrogen-bond donors (Lipinski definition) is 2. The van der Waals surface area contributed by atoms with Crippen molar-refractivity contribution in [2.75, 3.05) is 46.8 Å². The second kappa shape index (κ2) is 11.2. The molecule has 1 saturated heterocycles. The fourth-order valence-corrected chi connectivity index (χ4v) is 4.47. The maximum absolute atomic E-state index is 4.64. The van der Waals surface area contributed by atoms with Crippen LogP contribution in [0.1, 0.15) is 11.3 Å². The molecule has 3 heterocycles. The van der Waals surface area contributed by atoms with Crippen molar-refractivity contribution in [3.8, 4) is 0 Å².